The summed E-state index contributed by atoms with van der Waals surface area (Å²) in [5, 5.41) is 0.350. The predicted octanol–water partition coefficient (Wildman–Crippen LogP) is 4.27. The van der Waals surface area contributed by atoms with Crippen LogP contribution in [0.5, 0.6) is 0 Å². The van der Waals surface area contributed by atoms with Crippen LogP contribution in [-0.2, 0) is 15.9 Å². The maximum absolute atomic E-state index is 13.2. The van der Waals surface area contributed by atoms with Gasteiger partial charge in [-0.05, 0) is 74.8 Å². The molecule has 1 aromatic carbocycles. The first-order valence-corrected chi connectivity index (χ1v) is 12.9. The molecule has 1 aliphatic heterocycles. The van der Waals surface area contributed by atoms with Crippen LogP contribution in [-0.4, -0.2) is 46.2 Å². The second-order valence-electron chi connectivity index (χ2n) is 8.16. The normalized spacial score (nSPS) is 16.7. The highest BCUT2D eigenvalue weighted by Gasteiger charge is 2.52. The summed E-state index contributed by atoms with van der Waals surface area (Å²) < 4.78 is 50.5. The van der Waals surface area contributed by atoms with E-state index in [1.54, 1.807) is 33.2 Å². The zero-order chi connectivity index (χ0) is 24.1. The van der Waals surface area contributed by atoms with Gasteiger partial charge >= 0.3 is 11.5 Å². The lowest BCUT2D eigenvalue weighted by Gasteiger charge is -2.29. The molecule has 0 unspecified atom stereocenters. The van der Waals surface area contributed by atoms with Crippen LogP contribution in [0.4, 0.5) is 29.5 Å². The summed E-state index contributed by atoms with van der Waals surface area (Å²) >= 11 is -0.282. The second-order valence-corrected chi connectivity index (χ2v) is 12.5. The van der Waals surface area contributed by atoms with E-state index in [1.165, 1.54) is 35.4 Å². The molecular weight excluding hydrogens is 464 g/mol. The summed E-state index contributed by atoms with van der Waals surface area (Å²) in [6.07, 6.45) is 1.44. The van der Waals surface area contributed by atoms with Crippen LogP contribution >= 0.6 is 18.9 Å². The van der Waals surface area contributed by atoms with Crippen LogP contribution < -0.4 is 15.9 Å². The number of carbonyl (C=O) groups is 2. The Hall–Kier alpha value is -2.52. The largest absolute Gasteiger partial charge is 0.446 e. The summed E-state index contributed by atoms with van der Waals surface area (Å²) in [7, 11) is -2.84. The van der Waals surface area contributed by atoms with Crippen LogP contribution in [0.1, 0.15) is 19.4 Å². The Balaban J connectivity index is 1.95. The molecule has 1 aliphatic rings. The maximum Gasteiger partial charge on any atom is 0.446 e. The summed E-state index contributed by atoms with van der Waals surface area (Å²) in [5.41, 5.74) is 0.919. The number of nitrogens with zero attached hydrogens (tertiary/aromatic N) is 3. The van der Waals surface area contributed by atoms with Crippen LogP contribution in [0.3, 0.4) is 0 Å². The number of hydrogen-bond donors (Lipinski definition) is 1. The number of rotatable bonds is 5. The quantitative estimate of drug-likeness (QED) is 0.385. The lowest BCUT2D eigenvalue weighted by atomic mass is 10.0. The number of nitrogens with two attached hydrogens (primary N) is 1. The van der Waals surface area contributed by atoms with Gasteiger partial charge in [0.1, 0.15) is 18.5 Å². The molecule has 0 saturated carbocycles. The van der Waals surface area contributed by atoms with Crippen molar-refractivity contribution in [3.63, 3.8) is 0 Å². The standard InChI is InChI=1S/C20H22F3N4O3PS/c1-19(2)17(28)27(13-5-7-14(8-6-13)32-20(21,22)23)18(29)26(19)11-12-9-10-25-16(24)15(12)31(3,4)30/h5-10H,11H2,1-4H3,(H2,24,25). The number of carbonyl (C=O) groups excluding carboxylic acids is 2. The zero-order valence-corrected chi connectivity index (χ0v) is 19.5. The van der Waals surface area contributed by atoms with E-state index < -0.39 is 30.1 Å². The van der Waals surface area contributed by atoms with Gasteiger partial charge in [-0.15, -0.1) is 0 Å². The van der Waals surface area contributed by atoms with Crippen molar-refractivity contribution in [3.05, 3.63) is 42.1 Å². The Morgan fingerprint density at radius 2 is 1.72 bits per heavy atom. The van der Waals surface area contributed by atoms with Gasteiger partial charge in [-0.2, -0.15) is 13.2 Å². The highest BCUT2D eigenvalue weighted by Crippen LogP contribution is 2.41. The second kappa shape index (κ2) is 8.12. The number of amides is 3. The van der Waals surface area contributed by atoms with E-state index in [4.69, 9.17) is 5.73 Å². The smallest absolute Gasteiger partial charge is 0.383 e. The minimum Gasteiger partial charge on any atom is -0.383 e. The average molecular weight is 486 g/mol. The molecule has 32 heavy (non-hydrogen) atoms. The number of aromatic nitrogens is 1. The summed E-state index contributed by atoms with van der Waals surface area (Å²) in [6.45, 7) is 6.19. The highest BCUT2D eigenvalue weighted by atomic mass is 32.2. The minimum absolute atomic E-state index is 0.0379. The molecule has 0 bridgehead atoms. The molecule has 3 amide bonds. The fourth-order valence-electron chi connectivity index (χ4n) is 3.56. The number of urea groups is 1. The molecule has 0 radical (unpaired) electrons. The third-order valence-corrected chi connectivity index (χ3v) is 7.39. The van der Waals surface area contributed by atoms with Gasteiger partial charge in [0.25, 0.3) is 5.91 Å². The van der Waals surface area contributed by atoms with E-state index in [9.17, 15) is 27.3 Å². The maximum atomic E-state index is 13.2. The van der Waals surface area contributed by atoms with Crippen molar-refractivity contribution < 1.29 is 27.3 Å². The van der Waals surface area contributed by atoms with E-state index in [0.29, 0.717) is 10.9 Å². The fraction of sp³-hybridized carbons (Fsp3) is 0.350. The van der Waals surface area contributed by atoms with Gasteiger partial charge in [0.15, 0.2) is 0 Å². The molecule has 3 rings (SSSR count). The number of alkyl halides is 3. The van der Waals surface area contributed by atoms with Crippen molar-refractivity contribution in [2.75, 3.05) is 24.0 Å². The predicted molar refractivity (Wildman–Crippen MR) is 119 cm³/mol. The first kappa shape index (κ1) is 24.1. The van der Waals surface area contributed by atoms with E-state index in [0.717, 1.165) is 4.90 Å². The molecule has 7 nitrogen and oxygen atoms in total. The molecular formula is C20H22F3N4O3PS. The number of anilines is 2. The molecule has 1 saturated heterocycles. The summed E-state index contributed by atoms with van der Waals surface area (Å²) in [5.74, 6) is -0.431. The van der Waals surface area contributed by atoms with Crippen molar-refractivity contribution in [2.45, 2.75) is 36.3 Å². The van der Waals surface area contributed by atoms with Crippen molar-refractivity contribution >= 4 is 47.7 Å². The van der Waals surface area contributed by atoms with Crippen LogP contribution in [0.25, 0.3) is 0 Å². The molecule has 2 aromatic rings. The van der Waals surface area contributed by atoms with E-state index in [2.05, 4.69) is 4.98 Å². The van der Waals surface area contributed by atoms with E-state index in [1.807, 2.05) is 0 Å². The third kappa shape index (κ3) is 4.63. The van der Waals surface area contributed by atoms with Gasteiger partial charge in [-0.25, -0.2) is 14.7 Å². The van der Waals surface area contributed by atoms with Crippen molar-refractivity contribution in [2.24, 2.45) is 0 Å². The highest BCUT2D eigenvalue weighted by molar-refractivity contribution is 8.00. The molecule has 0 spiro atoms. The zero-order valence-electron chi connectivity index (χ0n) is 17.8. The van der Waals surface area contributed by atoms with Gasteiger partial charge in [-0.3, -0.25) is 4.79 Å². The van der Waals surface area contributed by atoms with E-state index in [-0.39, 0.29) is 34.7 Å². The number of imide groups is 1. The van der Waals surface area contributed by atoms with Gasteiger partial charge in [0.2, 0.25) is 0 Å². The molecule has 12 heteroatoms. The van der Waals surface area contributed by atoms with Crippen LogP contribution in [0.2, 0.25) is 0 Å². The summed E-state index contributed by atoms with van der Waals surface area (Å²) in [4.78, 5) is 32.5. The fourth-order valence-corrected chi connectivity index (χ4v) is 5.54. The SMILES string of the molecule is CC1(C)C(=O)N(c2ccc(SC(F)(F)F)cc2)C(=O)N1Cc1ccnc(N)c1P(C)(C)=O. The van der Waals surface area contributed by atoms with Crippen LogP contribution in [0.15, 0.2) is 41.4 Å². The Kier molecular flexibility index (Phi) is 6.12. The number of benzene rings is 1. The molecule has 0 atom stereocenters. The monoisotopic (exact) mass is 486 g/mol. The summed E-state index contributed by atoms with van der Waals surface area (Å²) in [6, 6.07) is 5.97. The van der Waals surface area contributed by atoms with Crippen molar-refractivity contribution in [1.82, 2.24) is 9.88 Å². The number of nitrogen functional groups attached to an aromatic ring is 1. The topological polar surface area (TPSA) is 96.6 Å². The lowest BCUT2D eigenvalue weighted by Crippen LogP contribution is -2.44. The minimum atomic E-state index is -4.44. The Morgan fingerprint density at radius 3 is 2.25 bits per heavy atom. The number of thioether (sulfide) groups is 1. The Bertz CT molecular complexity index is 1120. The molecule has 2 heterocycles. The molecule has 1 fully saturated rings. The van der Waals surface area contributed by atoms with Gasteiger partial charge < -0.3 is 15.2 Å². The Labute approximate surface area is 187 Å². The van der Waals surface area contributed by atoms with Gasteiger partial charge in [0.05, 0.1) is 11.0 Å². The van der Waals surface area contributed by atoms with Crippen molar-refractivity contribution in [1.29, 1.82) is 0 Å². The molecule has 172 valence electrons. The third-order valence-electron chi connectivity index (χ3n) is 5.06. The van der Waals surface area contributed by atoms with Crippen LogP contribution in [0, 0.1) is 0 Å². The molecule has 0 aliphatic carbocycles. The van der Waals surface area contributed by atoms with Crippen molar-refractivity contribution in [3.8, 4) is 0 Å². The number of halogens is 3. The van der Waals surface area contributed by atoms with Gasteiger partial charge in [-0.1, -0.05) is 0 Å². The number of pyridine rings is 1. The number of hydrogen-bond acceptors (Lipinski definition) is 6. The van der Waals surface area contributed by atoms with Gasteiger partial charge in [0, 0.05) is 17.6 Å². The Morgan fingerprint density at radius 1 is 1.12 bits per heavy atom. The first-order chi connectivity index (χ1) is 14.6. The molecule has 1 aromatic heterocycles. The lowest BCUT2D eigenvalue weighted by molar-refractivity contribution is -0.123. The average Bonchev–Trinajstić information content (AvgIpc) is 2.80. The first-order valence-electron chi connectivity index (χ1n) is 9.44. The molecule has 2 N–H and O–H groups in total. The van der Waals surface area contributed by atoms with E-state index >= 15 is 0 Å².